The number of halogens is 2. The quantitative estimate of drug-likeness (QED) is 0.751. The first-order valence-electron chi connectivity index (χ1n) is 5.27. The molecule has 2 aromatic rings. The zero-order chi connectivity index (χ0) is 13.9. The Bertz CT molecular complexity index is 757. The zero-order valence-corrected chi connectivity index (χ0v) is 11.9. The second kappa shape index (κ2) is 5.66. The molecule has 0 aliphatic rings. The SMILES string of the molecule is O=S(=O)(C#Cc1ccc(Cl)c(Cl)c1)c1ccccc1. The lowest BCUT2D eigenvalue weighted by atomic mass is 10.2. The lowest BCUT2D eigenvalue weighted by molar-refractivity contribution is 0.606. The van der Waals surface area contributed by atoms with E-state index < -0.39 is 9.84 Å². The van der Waals surface area contributed by atoms with E-state index in [-0.39, 0.29) is 4.90 Å². The van der Waals surface area contributed by atoms with Gasteiger partial charge in [-0.2, -0.15) is 0 Å². The minimum absolute atomic E-state index is 0.169. The second-order valence-corrected chi connectivity index (χ2v) is 6.17. The maximum absolute atomic E-state index is 11.9. The highest BCUT2D eigenvalue weighted by Crippen LogP contribution is 2.22. The van der Waals surface area contributed by atoms with Gasteiger partial charge in [0.1, 0.15) is 0 Å². The van der Waals surface area contributed by atoms with Crippen molar-refractivity contribution < 1.29 is 8.42 Å². The molecule has 0 fully saturated rings. The van der Waals surface area contributed by atoms with E-state index in [0.717, 1.165) is 0 Å². The van der Waals surface area contributed by atoms with Crippen molar-refractivity contribution in [2.75, 3.05) is 0 Å². The summed E-state index contributed by atoms with van der Waals surface area (Å²) in [6.45, 7) is 0. The number of benzene rings is 2. The third-order valence-corrected chi connectivity index (χ3v) is 4.31. The number of rotatable bonds is 1. The normalized spacial score (nSPS) is 10.6. The molecule has 5 heteroatoms. The molecule has 0 aliphatic carbocycles. The van der Waals surface area contributed by atoms with Crippen LogP contribution in [-0.4, -0.2) is 8.42 Å². The zero-order valence-electron chi connectivity index (χ0n) is 9.60. The van der Waals surface area contributed by atoms with E-state index in [1.165, 1.54) is 18.2 Å². The van der Waals surface area contributed by atoms with Crippen molar-refractivity contribution >= 4 is 33.0 Å². The first-order chi connectivity index (χ1) is 8.99. The van der Waals surface area contributed by atoms with E-state index >= 15 is 0 Å². The Morgan fingerprint density at radius 2 is 1.58 bits per heavy atom. The van der Waals surface area contributed by atoms with Gasteiger partial charge in [-0.3, -0.25) is 0 Å². The molecule has 0 bridgehead atoms. The molecule has 2 nitrogen and oxygen atoms in total. The lowest BCUT2D eigenvalue weighted by Gasteiger charge is -1.96. The Balaban J connectivity index is 2.36. The molecule has 0 spiro atoms. The first-order valence-corrected chi connectivity index (χ1v) is 7.51. The molecule has 0 saturated carbocycles. The van der Waals surface area contributed by atoms with Crippen molar-refractivity contribution in [3.63, 3.8) is 0 Å². The molecule has 2 rings (SSSR count). The second-order valence-electron chi connectivity index (χ2n) is 3.67. The molecule has 0 aliphatic heterocycles. The van der Waals surface area contributed by atoms with Crippen LogP contribution in [0.5, 0.6) is 0 Å². The van der Waals surface area contributed by atoms with Crippen LogP contribution in [0.1, 0.15) is 5.56 Å². The van der Waals surface area contributed by atoms with Gasteiger partial charge in [0.2, 0.25) is 9.84 Å². The van der Waals surface area contributed by atoms with E-state index in [1.54, 1.807) is 30.3 Å². The lowest BCUT2D eigenvalue weighted by Crippen LogP contribution is -1.96. The van der Waals surface area contributed by atoms with Gasteiger partial charge in [0.15, 0.2) is 0 Å². The Morgan fingerprint density at radius 3 is 2.21 bits per heavy atom. The van der Waals surface area contributed by atoms with Gasteiger partial charge < -0.3 is 0 Å². The number of hydrogen-bond donors (Lipinski definition) is 0. The average Bonchev–Trinajstić information content (AvgIpc) is 2.41. The molecule has 0 N–H and O–H groups in total. The molecule has 2 aromatic carbocycles. The highest BCUT2D eigenvalue weighted by Gasteiger charge is 2.09. The van der Waals surface area contributed by atoms with Crippen LogP contribution in [0.2, 0.25) is 10.0 Å². The van der Waals surface area contributed by atoms with Crippen molar-refractivity contribution in [1.82, 2.24) is 0 Å². The summed E-state index contributed by atoms with van der Waals surface area (Å²) in [6, 6.07) is 12.7. The summed E-state index contributed by atoms with van der Waals surface area (Å²) in [5.74, 6) is 2.57. The Labute approximate surface area is 121 Å². The molecule has 0 heterocycles. The minimum atomic E-state index is -3.62. The molecule has 19 heavy (non-hydrogen) atoms. The summed E-state index contributed by atoms with van der Waals surface area (Å²) < 4.78 is 23.8. The minimum Gasteiger partial charge on any atom is -0.210 e. The Kier molecular flexibility index (Phi) is 4.16. The van der Waals surface area contributed by atoms with Gasteiger partial charge in [0.25, 0.3) is 0 Å². The molecule has 0 unspecified atom stereocenters. The van der Waals surface area contributed by atoms with Gasteiger partial charge in [-0.05, 0) is 36.3 Å². The molecular weight excluding hydrogens is 303 g/mol. The van der Waals surface area contributed by atoms with E-state index in [4.69, 9.17) is 23.2 Å². The summed E-state index contributed by atoms with van der Waals surface area (Å²) >= 11 is 11.6. The van der Waals surface area contributed by atoms with E-state index in [1.807, 2.05) is 0 Å². The van der Waals surface area contributed by atoms with E-state index in [2.05, 4.69) is 11.2 Å². The van der Waals surface area contributed by atoms with Crippen LogP contribution >= 0.6 is 23.2 Å². The summed E-state index contributed by atoms with van der Waals surface area (Å²) in [6.07, 6.45) is 0. The molecular formula is C14H8Cl2O2S. The third kappa shape index (κ3) is 3.51. The van der Waals surface area contributed by atoms with Gasteiger partial charge in [-0.25, -0.2) is 8.42 Å². The van der Waals surface area contributed by atoms with Crippen LogP contribution in [0, 0.1) is 11.2 Å². The fourth-order valence-electron chi connectivity index (χ4n) is 1.36. The summed E-state index contributed by atoms with van der Waals surface area (Å²) in [7, 11) is -3.62. The molecule has 0 aromatic heterocycles. The third-order valence-electron chi connectivity index (χ3n) is 2.30. The highest BCUT2D eigenvalue weighted by atomic mass is 35.5. The van der Waals surface area contributed by atoms with E-state index in [0.29, 0.717) is 15.6 Å². The van der Waals surface area contributed by atoms with Crippen LogP contribution in [0.4, 0.5) is 0 Å². The molecule has 0 amide bonds. The molecule has 96 valence electrons. The van der Waals surface area contributed by atoms with Gasteiger partial charge in [-0.15, -0.1) is 0 Å². The summed E-state index contributed by atoms with van der Waals surface area (Å²) in [4.78, 5) is 0.169. The number of sulfone groups is 1. The van der Waals surface area contributed by atoms with Gasteiger partial charge >= 0.3 is 0 Å². The predicted molar refractivity (Wildman–Crippen MR) is 77.0 cm³/mol. The maximum Gasteiger partial charge on any atom is 0.245 e. The molecule has 0 atom stereocenters. The van der Waals surface area contributed by atoms with Crippen molar-refractivity contribution in [3.8, 4) is 11.2 Å². The largest absolute Gasteiger partial charge is 0.245 e. The summed E-state index contributed by atoms with van der Waals surface area (Å²) in [5, 5.41) is 3.00. The fraction of sp³-hybridized carbons (Fsp3) is 0. The fourth-order valence-corrected chi connectivity index (χ4v) is 2.54. The smallest absolute Gasteiger partial charge is 0.210 e. The van der Waals surface area contributed by atoms with Crippen LogP contribution in [0.15, 0.2) is 53.4 Å². The summed E-state index contributed by atoms with van der Waals surface area (Å²) in [5.41, 5.74) is 0.494. The topological polar surface area (TPSA) is 34.1 Å². The first kappa shape index (κ1) is 14.0. The molecule has 0 saturated heterocycles. The van der Waals surface area contributed by atoms with Gasteiger partial charge in [0, 0.05) is 10.8 Å². The van der Waals surface area contributed by atoms with E-state index in [9.17, 15) is 8.42 Å². The average molecular weight is 311 g/mol. The van der Waals surface area contributed by atoms with Crippen LogP contribution in [0.3, 0.4) is 0 Å². The Morgan fingerprint density at radius 1 is 0.895 bits per heavy atom. The van der Waals surface area contributed by atoms with Crippen LogP contribution < -0.4 is 0 Å². The predicted octanol–water partition coefficient (Wildman–Crippen LogP) is 3.78. The number of hydrogen-bond acceptors (Lipinski definition) is 2. The van der Waals surface area contributed by atoms with Gasteiger partial charge in [-0.1, -0.05) is 41.4 Å². The highest BCUT2D eigenvalue weighted by molar-refractivity contribution is 7.96. The van der Waals surface area contributed by atoms with Crippen LogP contribution in [-0.2, 0) is 9.84 Å². The molecule has 0 radical (unpaired) electrons. The Hall–Kier alpha value is -1.47. The standard InChI is InChI=1S/C14H8Cl2O2S/c15-13-7-6-11(10-14(13)16)8-9-19(17,18)12-4-2-1-3-5-12/h1-7,10H. The van der Waals surface area contributed by atoms with Crippen LogP contribution in [0.25, 0.3) is 0 Å². The van der Waals surface area contributed by atoms with Crippen molar-refractivity contribution in [1.29, 1.82) is 0 Å². The van der Waals surface area contributed by atoms with Crippen molar-refractivity contribution in [3.05, 3.63) is 64.1 Å². The van der Waals surface area contributed by atoms with Crippen molar-refractivity contribution in [2.24, 2.45) is 0 Å². The van der Waals surface area contributed by atoms with Gasteiger partial charge in [0.05, 0.1) is 14.9 Å². The monoisotopic (exact) mass is 310 g/mol. The maximum atomic E-state index is 11.9. The van der Waals surface area contributed by atoms with Crippen molar-refractivity contribution in [2.45, 2.75) is 4.90 Å².